The van der Waals surface area contributed by atoms with Crippen molar-refractivity contribution in [2.45, 2.75) is 39.7 Å². The summed E-state index contributed by atoms with van der Waals surface area (Å²) < 4.78 is 7.25. The van der Waals surface area contributed by atoms with E-state index in [-0.39, 0.29) is 0 Å². The van der Waals surface area contributed by atoms with Crippen LogP contribution in [0.25, 0.3) is 0 Å². The summed E-state index contributed by atoms with van der Waals surface area (Å²) >= 11 is 0. The largest absolute Gasteiger partial charge is 0.481 e. The van der Waals surface area contributed by atoms with Crippen molar-refractivity contribution in [2.75, 3.05) is 7.11 Å². The maximum Gasteiger partial charge on any atom is 0.215 e. The average Bonchev–Trinajstić information content (AvgIpc) is 2.46. The maximum atomic E-state index is 5.34. The summed E-state index contributed by atoms with van der Waals surface area (Å²) in [7, 11) is 1.70. The molecule has 3 heteroatoms. The van der Waals surface area contributed by atoms with Crippen molar-refractivity contribution in [3.63, 3.8) is 0 Å². The van der Waals surface area contributed by atoms with Crippen molar-refractivity contribution in [1.29, 1.82) is 0 Å². The Morgan fingerprint density at radius 1 is 1.31 bits per heavy atom. The molecule has 1 aromatic heterocycles. The Hall–Kier alpha value is -0.990. The molecule has 0 radical (unpaired) electrons. The summed E-state index contributed by atoms with van der Waals surface area (Å²) in [5, 5.41) is 4.30. The van der Waals surface area contributed by atoms with Crippen LogP contribution < -0.4 is 4.74 Å². The van der Waals surface area contributed by atoms with Crippen LogP contribution in [0, 0.1) is 0 Å². The summed E-state index contributed by atoms with van der Waals surface area (Å²) in [5.74, 6) is 1.35. The van der Waals surface area contributed by atoms with E-state index in [2.05, 4.69) is 32.8 Å². The minimum Gasteiger partial charge on any atom is -0.481 e. The van der Waals surface area contributed by atoms with Gasteiger partial charge in [-0.3, -0.25) is 0 Å². The van der Waals surface area contributed by atoms with Crippen LogP contribution in [-0.2, 0) is 0 Å². The zero-order valence-corrected chi connectivity index (χ0v) is 9.03. The van der Waals surface area contributed by atoms with E-state index in [4.69, 9.17) is 4.74 Å². The topological polar surface area (TPSA) is 27.1 Å². The van der Waals surface area contributed by atoms with E-state index in [0.29, 0.717) is 12.0 Å². The van der Waals surface area contributed by atoms with Crippen molar-refractivity contribution in [3.8, 4) is 5.88 Å². The third-order valence-electron chi connectivity index (χ3n) is 2.08. The summed E-state index contributed by atoms with van der Waals surface area (Å²) in [6.45, 7) is 8.48. The van der Waals surface area contributed by atoms with Crippen LogP contribution in [0.15, 0.2) is 6.20 Å². The van der Waals surface area contributed by atoms with Crippen LogP contribution in [0.3, 0.4) is 0 Å². The van der Waals surface area contributed by atoms with Gasteiger partial charge in [0.05, 0.1) is 19.3 Å². The van der Waals surface area contributed by atoms with Crippen LogP contribution in [0.1, 0.15) is 45.2 Å². The van der Waals surface area contributed by atoms with Crippen LogP contribution in [0.2, 0.25) is 0 Å². The third-order valence-corrected chi connectivity index (χ3v) is 2.08. The summed E-state index contributed by atoms with van der Waals surface area (Å²) in [5.41, 5.74) is 1.18. The molecule has 3 nitrogen and oxygen atoms in total. The van der Waals surface area contributed by atoms with E-state index in [1.54, 1.807) is 7.11 Å². The first kappa shape index (κ1) is 10.1. The van der Waals surface area contributed by atoms with Gasteiger partial charge in [0.15, 0.2) is 0 Å². The second-order valence-corrected chi connectivity index (χ2v) is 3.80. The first-order valence-electron chi connectivity index (χ1n) is 4.69. The van der Waals surface area contributed by atoms with Gasteiger partial charge in [0.25, 0.3) is 0 Å². The fourth-order valence-corrected chi connectivity index (χ4v) is 1.34. The standard InChI is InChI=1S/C10H18N2O/c1-7(2)9-6-11-12(8(3)4)10(9)13-5/h6-8H,1-5H3. The summed E-state index contributed by atoms with van der Waals surface area (Å²) in [6.07, 6.45) is 1.89. The minimum absolute atomic E-state index is 0.349. The number of rotatable bonds is 3. The van der Waals surface area contributed by atoms with Crippen molar-refractivity contribution in [2.24, 2.45) is 0 Å². The molecule has 0 aliphatic carbocycles. The highest BCUT2D eigenvalue weighted by Gasteiger charge is 2.15. The van der Waals surface area contributed by atoms with Gasteiger partial charge in [-0.05, 0) is 19.8 Å². The summed E-state index contributed by atoms with van der Waals surface area (Å²) in [6, 6.07) is 0.349. The molecule has 0 aliphatic heterocycles. The number of hydrogen-bond donors (Lipinski definition) is 0. The smallest absolute Gasteiger partial charge is 0.215 e. The number of ether oxygens (including phenoxy) is 1. The molecule has 1 rings (SSSR count). The Labute approximate surface area is 79.7 Å². The van der Waals surface area contributed by atoms with Gasteiger partial charge >= 0.3 is 0 Å². The lowest BCUT2D eigenvalue weighted by Crippen LogP contribution is -2.05. The molecule has 0 unspecified atom stereocenters. The fraction of sp³-hybridized carbons (Fsp3) is 0.700. The van der Waals surface area contributed by atoms with Gasteiger partial charge in [0.2, 0.25) is 5.88 Å². The van der Waals surface area contributed by atoms with E-state index in [0.717, 1.165) is 5.88 Å². The highest BCUT2D eigenvalue weighted by Crippen LogP contribution is 2.27. The van der Waals surface area contributed by atoms with Gasteiger partial charge in [-0.15, -0.1) is 0 Å². The minimum atomic E-state index is 0.349. The molecule has 13 heavy (non-hydrogen) atoms. The van der Waals surface area contributed by atoms with Crippen molar-refractivity contribution in [3.05, 3.63) is 11.8 Å². The quantitative estimate of drug-likeness (QED) is 0.718. The molecule has 0 saturated heterocycles. The van der Waals surface area contributed by atoms with E-state index < -0.39 is 0 Å². The Morgan fingerprint density at radius 2 is 1.92 bits per heavy atom. The molecule has 0 atom stereocenters. The predicted molar refractivity (Wildman–Crippen MR) is 53.3 cm³/mol. The molecule has 0 fully saturated rings. The van der Waals surface area contributed by atoms with Crippen LogP contribution in [-0.4, -0.2) is 16.9 Å². The molecule has 1 aromatic rings. The molecule has 0 aromatic carbocycles. The molecular weight excluding hydrogens is 164 g/mol. The van der Waals surface area contributed by atoms with Crippen LogP contribution in [0.4, 0.5) is 0 Å². The molecule has 0 saturated carbocycles. The third kappa shape index (κ3) is 1.85. The lowest BCUT2D eigenvalue weighted by Gasteiger charge is -2.11. The highest BCUT2D eigenvalue weighted by atomic mass is 16.5. The number of nitrogens with zero attached hydrogens (tertiary/aromatic N) is 2. The number of methoxy groups -OCH3 is 1. The molecule has 0 N–H and O–H groups in total. The molecule has 0 bridgehead atoms. The van der Waals surface area contributed by atoms with E-state index >= 15 is 0 Å². The van der Waals surface area contributed by atoms with Gasteiger partial charge in [0, 0.05) is 5.56 Å². The normalized spacial score (nSPS) is 11.3. The Bertz CT molecular complexity index is 251. The zero-order valence-electron chi connectivity index (χ0n) is 9.03. The lowest BCUT2D eigenvalue weighted by molar-refractivity contribution is 0.340. The van der Waals surface area contributed by atoms with Crippen LogP contribution in [0.5, 0.6) is 5.88 Å². The van der Waals surface area contributed by atoms with E-state index in [9.17, 15) is 0 Å². The highest BCUT2D eigenvalue weighted by molar-refractivity contribution is 5.27. The maximum absolute atomic E-state index is 5.34. The van der Waals surface area contributed by atoms with Crippen molar-refractivity contribution < 1.29 is 4.74 Å². The number of hydrogen-bond acceptors (Lipinski definition) is 2. The average molecular weight is 182 g/mol. The first-order chi connectivity index (χ1) is 6.07. The Balaban J connectivity index is 3.10. The van der Waals surface area contributed by atoms with Crippen molar-refractivity contribution in [1.82, 2.24) is 9.78 Å². The van der Waals surface area contributed by atoms with E-state index in [1.807, 2.05) is 10.9 Å². The van der Waals surface area contributed by atoms with Gasteiger partial charge in [0.1, 0.15) is 0 Å². The second kappa shape index (κ2) is 3.81. The fourth-order valence-electron chi connectivity index (χ4n) is 1.34. The monoisotopic (exact) mass is 182 g/mol. The molecule has 0 amide bonds. The van der Waals surface area contributed by atoms with Crippen LogP contribution >= 0.6 is 0 Å². The van der Waals surface area contributed by atoms with Gasteiger partial charge in [-0.1, -0.05) is 13.8 Å². The molecule has 1 heterocycles. The zero-order chi connectivity index (χ0) is 10.0. The molecule has 0 aliphatic rings. The predicted octanol–water partition coefficient (Wildman–Crippen LogP) is 2.60. The first-order valence-corrected chi connectivity index (χ1v) is 4.69. The van der Waals surface area contributed by atoms with Gasteiger partial charge in [-0.25, -0.2) is 4.68 Å². The SMILES string of the molecule is COc1c(C(C)C)cnn1C(C)C. The molecule has 74 valence electrons. The van der Waals surface area contributed by atoms with Gasteiger partial charge in [-0.2, -0.15) is 5.10 Å². The summed E-state index contributed by atoms with van der Waals surface area (Å²) in [4.78, 5) is 0. The van der Waals surface area contributed by atoms with E-state index in [1.165, 1.54) is 5.56 Å². The molecule has 0 spiro atoms. The lowest BCUT2D eigenvalue weighted by atomic mass is 10.1. The second-order valence-electron chi connectivity index (χ2n) is 3.80. The molecular formula is C10H18N2O. The Kier molecular flexibility index (Phi) is 2.96. The Morgan fingerprint density at radius 3 is 2.31 bits per heavy atom. The van der Waals surface area contributed by atoms with Gasteiger partial charge < -0.3 is 4.74 Å². The van der Waals surface area contributed by atoms with Crippen molar-refractivity contribution >= 4 is 0 Å². The number of aromatic nitrogens is 2.